The number of hydrogen-bond donors (Lipinski definition) is 2. The molecule has 0 spiro atoms. The van der Waals surface area contributed by atoms with Crippen LogP contribution in [-0.2, 0) is 14.8 Å². The molecule has 0 radical (unpaired) electrons. The highest BCUT2D eigenvalue weighted by atomic mass is 32.2. The number of rotatable bonds is 6. The van der Waals surface area contributed by atoms with Crippen LogP contribution < -0.4 is 4.72 Å². The Hall–Kier alpha value is -0.990. The minimum Gasteiger partial charge on any atom is -0.445 e. The van der Waals surface area contributed by atoms with E-state index in [0.29, 0.717) is 13.0 Å². The molecule has 0 aromatic carbocycles. The summed E-state index contributed by atoms with van der Waals surface area (Å²) in [7, 11) is -3.23. The van der Waals surface area contributed by atoms with Crippen LogP contribution in [-0.4, -0.2) is 56.7 Å². The largest absolute Gasteiger partial charge is 0.445 e. The number of nitrogens with zero attached hydrogens (tertiary/aromatic N) is 1. The average Bonchev–Trinajstić information content (AvgIpc) is 2.73. The lowest BCUT2D eigenvalue weighted by molar-refractivity contribution is 0.114. The predicted octanol–water partition coefficient (Wildman–Crippen LogP) is 1.18. The normalized spacial score (nSPS) is 23.2. The van der Waals surface area contributed by atoms with Crippen molar-refractivity contribution in [2.24, 2.45) is 0 Å². The van der Waals surface area contributed by atoms with Crippen LogP contribution >= 0.6 is 12.6 Å². The van der Waals surface area contributed by atoms with Crippen molar-refractivity contribution in [3.63, 3.8) is 0 Å². The molecule has 0 bridgehead atoms. The van der Waals surface area contributed by atoms with Crippen LogP contribution in [0.1, 0.15) is 13.3 Å². The van der Waals surface area contributed by atoms with E-state index >= 15 is 0 Å². The molecule has 0 saturated carbocycles. The number of carbonyl (C=O) groups excluding carboxylic acids is 1. The molecule has 6 nitrogen and oxygen atoms in total. The van der Waals surface area contributed by atoms with Crippen LogP contribution in [0.25, 0.3) is 0 Å². The summed E-state index contributed by atoms with van der Waals surface area (Å²) in [6, 6.07) is -0.133. The summed E-state index contributed by atoms with van der Waals surface area (Å²) in [6.07, 6.45) is 4.81. The van der Waals surface area contributed by atoms with Crippen molar-refractivity contribution in [3.05, 3.63) is 24.3 Å². The first-order chi connectivity index (χ1) is 9.73. The fraction of sp³-hybridized carbons (Fsp3) is 0.615. The molecule has 0 unspecified atom stereocenters. The fourth-order valence-electron chi connectivity index (χ4n) is 2.06. The third-order valence-electron chi connectivity index (χ3n) is 2.97. The van der Waals surface area contributed by atoms with Gasteiger partial charge in [0.15, 0.2) is 0 Å². The van der Waals surface area contributed by atoms with Crippen LogP contribution in [0.3, 0.4) is 0 Å². The molecule has 1 heterocycles. The van der Waals surface area contributed by atoms with E-state index in [4.69, 9.17) is 4.74 Å². The minimum atomic E-state index is -3.23. The second-order valence-corrected chi connectivity index (χ2v) is 7.64. The summed E-state index contributed by atoms with van der Waals surface area (Å²) in [5.41, 5.74) is 0.842. The van der Waals surface area contributed by atoms with Crippen molar-refractivity contribution in [1.82, 2.24) is 9.62 Å². The maximum absolute atomic E-state index is 11.9. The van der Waals surface area contributed by atoms with E-state index in [0.717, 1.165) is 11.8 Å². The number of thiol groups is 1. The van der Waals surface area contributed by atoms with Crippen molar-refractivity contribution < 1.29 is 17.9 Å². The summed E-state index contributed by atoms with van der Waals surface area (Å²) < 4.78 is 29.6. The Balaban J connectivity index is 2.69. The molecule has 1 rings (SSSR count). The number of carbonyl (C=O) groups is 1. The summed E-state index contributed by atoms with van der Waals surface area (Å²) in [5.74, 6) is 0. The number of likely N-dealkylation sites (tertiary alicyclic amines) is 1. The van der Waals surface area contributed by atoms with Crippen LogP contribution in [0.4, 0.5) is 4.79 Å². The second-order valence-electron chi connectivity index (χ2n) is 5.08. The van der Waals surface area contributed by atoms with E-state index in [1.54, 1.807) is 4.90 Å². The molecule has 0 aromatic heterocycles. The van der Waals surface area contributed by atoms with E-state index in [2.05, 4.69) is 23.9 Å². The lowest BCUT2D eigenvalue weighted by Gasteiger charge is -2.22. The first-order valence-electron chi connectivity index (χ1n) is 6.57. The molecular weight excluding hydrogens is 312 g/mol. The van der Waals surface area contributed by atoms with Crippen molar-refractivity contribution in [2.75, 3.05) is 26.0 Å². The van der Waals surface area contributed by atoms with Gasteiger partial charge in [0, 0.05) is 18.3 Å². The summed E-state index contributed by atoms with van der Waals surface area (Å²) in [6.45, 7) is 6.21. The van der Waals surface area contributed by atoms with Crippen LogP contribution in [0.5, 0.6) is 0 Å². The molecule has 2 atom stereocenters. The van der Waals surface area contributed by atoms with E-state index in [1.807, 2.05) is 13.0 Å². The zero-order valence-electron chi connectivity index (χ0n) is 12.3. The van der Waals surface area contributed by atoms with Gasteiger partial charge in [-0.3, -0.25) is 0 Å². The van der Waals surface area contributed by atoms with Crippen LogP contribution in [0.2, 0.25) is 0 Å². The SMILES string of the molecule is C=CCOC(=O)N1C[C@@H](S)C[C@H]1C=C(C)CNS(C)(=O)=O. The Morgan fingerprint density at radius 3 is 2.81 bits per heavy atom. The van der Waals surface area contributed by atoms with E-state index < -0.39 is 16.1 Å². The first-order valence-corrected chi connectivity index (χ1v) is 8.98. The van der Waals surface area contributed by atoms with Gasteiger partial charge in [-0.15, -0.1) is 0 Å². The van der Waals surface area contributed by atoms with Gasteiger partial charge in [0.05, 0.1) is 12.3 Å². The van der Waals surface area contributed by atoms with Crippen molar-refractivity contribution in [3.8, 4) is 0 Å². The number of amides is 1. The molecule has 0 aromatic rings. The highest BCUT2D eigenvalue weighted by molar-refractivity contribution is 7.88. The number of nitrogens with one attached hydrogen (secondary N) is 1. The van der Waals surface area contributed by atoms with Gasteiger partial charge in [0.1, 0.15) is 6.61 Å². The van der Waals surface area contributed by atoms with Crippen molar-refractivity contribution in [2.45, 2.75) is 24.6 Å². The van der Waals surface area contributed by atoms with Gasteiger partial charge < -0.3 is 9.64 Å². The summed E-state index contributed by atoms with van der Waals surface area (Å²) in [5, 5.41) is 0.0817. The van der Waals surface area contributed by atoms with Crippen LogP contribution in [0, 0.1) is 0 Å². The summed E-state index contributed by atoms with van der Waals surface area (Å²) >= 11 is 4.41. The third kappa shape index (κ3) is 6.54. The molecule has 1 amide bonds. The highest BCUT2D eigenvalue weighted by Gasteiger charge is 2.33. The molecule has 21 heavy (non-hydrogen) atoms. The van der Waals surface area contributed by atoms with Gasteiger partial charge in [0.2, 0.25) is 10.0 Å². The Kier molecular flexibility index (Phi) is 6.76. The number of hydrogen-bond acceptors (Lipinski definition) is 5. The summed E-state index contributed by atoms with van der Waals surface area (Å²) in [4.78, 5) is 13.5. The van der Waals surface area contributed by atoms with Gasteiger partial charge in [-0.05, 0) is 13.3 Å². The van der Waals surface area contributed by atoms with E-state index in [9.17, 15) is 13.2 Å². The van der Waals surface area contributed by atoms with Gasteiger partial charge in [-0.1, -0.05) is 24.3 Å². The first kappa shape index (κ1) is 18.1. The number of sulfonamides is 1. The monoisotopic (exact) mass is 334 g/mol. The quantitative estimate of drug-likeness (QED) is 0.565. The molecule has 120 valence electrons. The fourth-order valence-corrected chi connectivity index (χ4v) is 2.94. The Bertz CT molecular complexity index is 516. The smallest absolute Gasteiger partial charge is 0.410 e. The number of ether oxygens (including phenoxy) is 1. The average molecular weight is 334 g/mol. The molecule has 1 aliphatic heterocycles. The Morgan fingerprint density at radius 1 is 1.57 bits per heavy atom. The molecule has 1 N–H and O–H groups in total. The standard InChI is InChI=1S/C13H22N2O4S2/c1-4-5-19-13(16)15-9-12(20)7-11(15)6-10(2)8-14-21(3,17)18/h4,6,11-12,14,20H,1,5,7-9H2,2-3H3/t11-,12+/m1/s1. The van der Waals surface area contributed by atoms with Gasteiger partial charge >= 0.3 is 6.09 Å². The zero-order valence-corrected chi connectivity index (χ0v) is 14.0. The molecule has 1 fully saturated rings. The highest BCUT2D eigenvalue weighted by Crippen LogP contribution is 2.24. The molecule has 1 aliphatic rings. The van der Waals surface area contributed by atoms with Gasteiger partial charge in [-0.25, -0.2) is 17.9 Å². The van der Waals surface area contributed by atoms with Gasteiger partial charge in [-0.2, -0.15) is 12.6 Å². The van der Waals surface area contributed by atoms with Gasteiger partial charge in [0.25, 0.3) is 0 Å². The Morgan fingerprint density at radius 2 is 2.24 bits per heavy atom. The molecule has 8 heteroatoms. The second kappa shape index (κ2) is 7.86. The lowest BCUT2D eigenvalue weighted by Crippen LogP contribution is -2.36. The molecular formula is C13H22N2O4S2. The maximum atomic E-state index is 11.9. The molecule has 1 saturated heterocycles. The van der Waals surface area contributed by atoms with E-state index in [1.165, 1.54) is 6.08 Å². The lowest BCUT2D eigenvalue weighted by atomic mass is 10.1. The van der Waals surface area contributed by atoms with E-state index in [-0.39, 0.29) is 24.4 Å². The van der Waals surface area contributed by atoms with Crippen molar-refractivity contribution in [1.29, 1.82) is 0 Å². The minimum absolute atomic E-state index is 0.0817. The maximum Gasteiger partial charge on any atom is 0.410 e. The zero-order chi connectivity index (χ0) is 16.0. The molecule has 0 aliphatic carbocycles. The van der Waals surface area contributed by atoms with Crippen molar-refractivity contribution >= 4 is 28.7 Å². The predicted molar refractivity (Wildman–Crippen MR) is 86.0 cm³/mol. The van der Waals surface area contributed by atoms with Crippen LogP contribution in [0.15, 0.2) is 24.3 Å². The topological polar surface area (TPSA) is 75.7 Å². The third-order valence-corrected chi connectivity index (χ3v) is 4.01. The Labute approximate surface area is 131 Å².